The van der Waals surface area contributed by atoms with Crippen LogP contribution in [0, 0.1) is 17.8 Å². The Kier molecular flexibility index (Phi) is 0.0480. The molecule has 4 aliphatic carbocycles. The maximum absolute atomic E-state index is 11.9. The summed E-state index contributed by atoms with van der Waals surface area (Å²) < 4.78 is 11.9. The zero-order chi connectivity index (χ0) is 3.23. The molecule has 0 nitrogen and oxygen atoms in total. The predicted molar refractivity (Wildman–Crippen MR) is 14.3 cm³/mol. The minimum Gasteiger partial charge on any atom is -0.243 e. The number of hydrogen-bond donors (Lipinski definition) is 0. The van der Waals surface area contributed by atoms with Crippen molar-refractivity contribution in [3.05, 3.63) is 0 Å². The molecule has 0 heterocycles. The highest BCUT2D eigenvalue weighted by molar-refractivity contribution is 5.58. The average molecular weight is 70.1 g/mol. The van der Waals surface area contributed by atoms with Crippen LogP contribution in [0.2, 0.25) is 0 Å². The van der Waals surface area contributed by atoms with Crippen LogP contribution in [-0.4, -0.2) is 5.67 Å². The van der Waals surface area contributed by atoms with Gasteiger partial charge < -0.3 is 0 Å². The normalized spacial score (nSPS) is 104. The monoisotopic (exact) mass is 70.0 g/mol. The SMILES string of the molecule is FC12C3C1C32. The third-order valence-corrected chi connectivity index (χ3v) is 2.23. The van der Waals surface area contributed by atoms with Gasteiger partial charge in [0.2, 0.25) is 0 Å². The fourth-order valence-corrected chi connectivity index (χ4v) is 1.25. The molecule has 0 aromatic rings. The largest absolute Gasteiger partial charge is 0.243 e. The topological polar surface area (TPSA) is 0 Å². The lowest BCUT2D eigenvalue weighted by Gasteiger charge is -1.52. The summed E-state index contributed by atoms with van der Waals surface area (Å²) in [6.45, 7) is 0. The number of alkyl halides is 1. The zero-order valence-electron chi connectivity index (χ0n) is 2.61. The number of halogens is 1. The Morgan fingerprint density at radius 3 is 1.40 bits per heavy atom. The van der Waals surface area contributed by atoms with Crippen LogP contribution >= 0.6 is 0 Å². The maximum Gasteiger partial charge on any atom is 0.121 e. The van der Waals surface area contributed by atoms with Crippen LogP contribution in [0.15, 0.2) is 0 Å². The van der Waals surface area contributed by atoms with Crippen LogP contribution < -0.4 is 0 Å². The van der Waals surface area contributed by atoms with Crippen molar-refractivity contribution in [2.24, 2.45) is 17.8 Å². The molecule has 0 aromatic carbocycles. The van der Waals surface area contributed by atoms with Gasteiger partial charge in [0, 0.05) is 17.8 Å². The van der Waals surface area contributed by atoms with Gasteiger partial charge in [-0.3, -0.25) is 0 Å². The van der Waals surface area contributed by atoms with Crippen molar-refractivity contribution in [2.45, 2.75) is 5.67 Å². The lowest BCUT2D eigenvalue weighted by molar-refractivity contribution is 0.453. The summed E-state index contributed by atoms with van der Waals surface area (Å²) in [4.78, 5) is 0. The van der Waals surface area contributed by atoms with E-state index in [0.717, 1.165) is 0 Å². The van der Waals surface area contributed by atoms with Crippen LogP contribution in [0.1, 0.15) is 0 Å². The molecule has 4 saturated carbocycles. The minimum absolute atomic E-state index is 0.500. The van der Waals surface area contributed by atoms with Crippen molar-refractivity contribution in [1.82, 2.24) is 0 Å². The van der Waals surface area contributed by atoms with Crippen molar-refractivity contribution in [1.29, 1.82) is 0 Å². The Morgan fingerprint density at radius 1 is 1.20 bits per heavy atom. The van der Waals surface area contributed by atoms with Gasteiger partial charge in [0.25, 0.3) is 0 Å². The zero-order valence-corrected chi connectivity index (χ0v) is 2.61. The summed E-state index contributed by atoms with van der Waals surface area (Å²) in [6, 6.07) is 0. The van der Waals surface area contributed by atoms with Crippen molar-refractivity contribution in [3.63, 3.8) is 0 Å². The molecule has 0 bridgehead atoms. The lowest BCUT2D eigenvalue weighted by atomic mass is 10.9. The van der Waals surface area contributed by atoms with Crippen LogP contribution in [0.25, 0.3) is 0 Å². The molecule has 0 aliphatic heterocycles. The second-order valence-electron chi connectivity index (χ2n) is 2.40. The van der Waals surface area contributed by atoms with Crippen molar-refractivity contribution < 1.29 is 4.39 Å². The van der Waals surface area contributed by atoms with Gasteiger partial charge in [0.15, 0.2) is 0 Å². The van der Waals surface area contributed by atoms with Crippen molar-refractivity contribution in [3.8, 4) is 0 Å². The molecule has 4 aliphatic rings. The molecular weight excluding hydrogens is 67.0 g/mol. The third-order valence-electron chi connectivity index (χ3n) is 2.23. The van der Waals surface area contributed by atoms with Crippen molar-refractivity contribution >= 4 is 0 Å². The van der Waals surface area contributed by atoms with E-state index in [1.165, 1.54) is 0 Å². The lowest BCUT2D eigenvalue weighted by Crippen LogP contribution is -1.55. The molecule has 0 spiro atoms. The third kappa shape index (κ3) is 0.0304. The molecule has 26 valence electrons. The molecular formula is C4H3F. The second-order valence-corrected chi connectivity index (χ2v) is 2.40. The summed E-state index contributed by atoms with van der Waals surface area (Å²) in [5.74, 6) is 1.84. The summed E-state index contributed by atoms with van der Waals surface area (Å²) in [6.07, 6.45) is 0. The molecule has 1 heteroatoms. The summed E-state index contributed by atoms with van der Waals surface area (Å²) in [5, 5.41) is 0. The fraction of sp³-hybridized carbons (Fsp3) is 1.00. The highest BCUT2D eigenvalue weighted by Gasteiger charge is 3.12. The molecule has 0 radical (unpaired) electrons. The highest BCUT2D eigenvalue weighted by Crippen LogP contribution is 3.05. The van der Waals surface area contributed by atoms with Gasteiger partial charge in [-0.15, -0.1) is 0 Å². The first kappa shape index (κ1) is 1.59. The van der Waals surface area contributed by atoms with Gasteiger partial charge in [-0.25, -0.2) is 4.39 Å². The molecule has 4 fully saturated rings. The van der Waals surface area contributed by atoms with Crippen LogP contribution in [0.3, 0.4) is 0 Å². The standard InChI is InChI=1S/C4H3F/c5-4-1-2(4)3(1)4/h1-3H. The predicted octanol–water partition coefficient (Wildman–Crippen LogP) is 0.584. The van der Waals surface area contributed by atoms with Gasteiger partial charge in [-0.1, -0.05) is 0 Å². The fourth-order valence-electron chi connectivity index (χ4n) is 1.25. The number of rotatable bonds is 0. The molecule has 0 aromatic heterocycles. The van der Waals surface area contributed by atoms with Crippen LogP contribution in [0.4, 0.5) is 4.39 Å². The first-order chi connectivity index (χ1) is 2.37. The highest BCUT2D eigenvalue weighted by atomic mass is 19.2. The van der Waals surface area contributed by atoms with Crippen molar-refractivity contribution in [2.75, 3.05) is 0 Å². The van der Waals surface area contributed by atoms with Gasteiger partial charge in [0.05, 0.1) is 0 Å². The molecule has 0 saturated heterocycles. The van der Waals surface area contributed by atoms with Crippen LogP contribution in [-0.2, 0) is 0 Å². The quantitative estimate of drug-likeness (QED) is 0.391. The van der Waals surface area contributed by atoms with Gasteiger partial charge >= 0.3 is 0 Å². The summed E-state index contributed by atoms with van der Waals surface area (Å²) in [5.41, 5.74) is -0.500. The van der Waals surface area contributed by atoms with E-state index in [4.69, 9.17) is 0 Å². The molecule has 0 unspecified atom stereocenters. The average Bonchev–Trinajstić information content (AvgIpc) is 1.63. The first-order valence-corrected chi connectivity index (χ1v) is 2.06. The van der Waals surface area contributed by atoms with E-state index in [-0.39, 0.29) is 0 Å². The molecule has 0 atom stereocenters. The Bertz CT molecular complexity index is 91.0. The number of hydrogen-bond acceptors (Lipinski definition) is 0. The Labute approximate surface area is 29.0 Å². The smallest absolute Gasteiger partial charge is 0.121 e. The van der Waals surface area contributed by atoms with Gasteiger partial charge in [0.1, 0.15) is 5.67 Å². The van der Waals surface area contributed by atoms with Gasteiger partial charge in [-0.05, 0) is 0 Å². The summed E-state index contributed by atoms with van der Waals surface area (Å²) >= 11 is 0. The van der Waals surface area contributed by atoms with Crippen LogP contribution in [0.5, 0.6) is 0 Å². The van der Waals surface area contributed by atoms with E-state index < -0.39 is 5.67 Å². The van der Waals surface area contributed by atoms with E-state index in [0.29, 0.717) is 17.8 Å². The van der Waals surface area contributed by atoms with E-state index >= 15 is 0 Å². The molecule has 0 amide bonds. The Morgan fingerprint density at radius 2 is 1.40 bits per heavy atom. The van der Waals surface area contributed by atoms with E-state index in [1.54, 1.807) is 0 Å². The Hall–Kier alpha value is -0.0700. The van der Waals surface area contributed by atoms with E-state index in [2.05, 4.69) is 0 Å². The summed E-state index contributed by atoms with van der Waals surface area (Å²) in [7, 11) is 0. The first-order valence-electron chi connectivity index (χ1n) is 2.06. The van der Waals surface area contributed by atoms with Gasteiger partial charge in [-0.2, -0.15) is 0 Å². The Balaban J connectivity index is 2.55. The molecule has 5 heavy (non-hydrogen) atoms. The second kappa shape index (κ2) is 0.151. The van der Waals surface area contributed by atoms with E-state index in [1.807, 2.05) is 0 Å². The molecule has 0 N–H and O–H groups in total. The molecule has 4 rings (SSSR count). The van der Waals surface area contributed by atoms with E-state index in [9.17, 15) is 4.39 Å². The minimum atomic E-state index is -0.500. The maximum atomic E-state index is 11.9.